The highest BCUT2D eigenvalue weighted by molar-refractivity contribution is 5.24. The summed E-state index contributed by atoms with van der Waals surface area (Å²) in [4.78, 5) is 2.46. The van der Waals surface area contributed by atoms with Gasteiger partial charge in [0.25, 0.3) is 0 Å². The minimum absolute atomic E-state index is 0.411. The summed E-state index contributed by atoms with van der Waals surface area (Å²) < 4.78 is 5.37. The molecule has 1 aliphatic rings. The molecule has 3 heteroatoms. The summed E-state index contributed by atoms with van der Waals surface area (Å²) in [5.74, 6) is 0. The minimum Gasteiger partial charge on any atom is -0.379 e. The Morgan fingerprint density at radius 3 is 2.47 bits per heavy atom. The van der Waals surface area contributed by atoms with Gasteiger partial charge < -0.3 is 10.1 Å². The standard InChI is InChI=1S/C14H22N2O/c1-12-3-5-13(6-4-12)14(15-2)11-16-7-9-17-10-8-16/h3-6,14-15H,7-11H2,1-2H3. The first kappa shape index (κ1) is 12.6. The lowest BCUT2D eigenvalue weighted by molar-refractivity contribution is 0.0338. The zero-order valence-electron chi connectivity index (χ0n) is 10.8. The van der Waals surface area contributed by atoms with Crippen molar-refractivity contribution in [2.75, 3.05) is 39.9 Å². The van der Waals surface area contributed by atoms with Crippen molar-refractivity contribution in [2.45, 2.75) is 13.0 Å². The third-order valence-electron chi connectivity index (χ3n) is 3.37. The van der Waals surface area contributed by atoms with Gasteiger partial charge in [0.1, 0.15) is 0 Å². The molecule has 1 atom stereocenters. The number of rotatable bonds is 4. The predicted octanol–water partition coefficient (Wildman–Crippen LogP) is 1.59. The summed E-state index contributed by atoms with van der Waals surface area (Å²) >= 11 is 0. The molecule has 1 fully saturated rings. The molecule has 0 spiro atoms. The van der Waals surface area contributed by atoms with Gasteiger partial charge in [0.05, 0.1) is 13.2 Å². The highest BCUT2D eigenvalue weighted by Crippen LogP contribution is 2.15. The van der Waals surface area contributed by atoms with Gasteiger partial charge in [0.15, 0.2) is 0 Å². The lowest BCUT2D eigenvalue weighted by Gasteiger charge is -2.30. The van der Waals surface area contributed by atoms with Gasteiger partial charge in [-0.2, -0.15) is 0 Å². The van der Waals surface area contributed by atoms with Gasteiger partial charge in [0, 0.05) is 25.7 Å². The highest BCUT2D eigenvalue weighted by Gasteiger charge is 2.16. The van der Waals surface area contributed by atoms with Crippen LogP contribution in [0.4, 0.5) is 0 Å². The van der Waals surface area contributed by atoms with Crippen molar-refractivity contribution >= 4 is 0 Å². The monoisotopic (exact) mass is 234 g/mol. The molecule has 3 nitrogen and oxygen atoms in total. The zero-order chi connectivity index (χ0) is 12.1. The lowest BCUT2D eigenvalue weighted by Crippen LogP contribution is -2.41. The van der Waals surface area contributed by atoms with Crippen LogP contribution in [0, 0.1) is 6.92 Å². The van der Waals surface area contributed by atoms with E-state index in [-0.39, 0.29) is 0 Å². The van der Waals surface area contributed by atoms with Gasteiger partial charge in [0.2, 0.25) is 0 Å². The quantitative estimate of drug-likeness (QED) is 0.856. The van der Waals surface area contributed by atoms with Crippen LogP contribution < -0.4 is 5.32 Å². The first-order valence-electron chi connectivity index (χ1n) is 6.33. The fourth-order valence-electron chi connectivity index (χ4n) is 2.20. The second-order valence-corrected chi connectivity index (χ2v) is 4.66. The van der Waals surface area contributed by atoms with Crippen LogP contribution >= 0.6 is 0 Å². The van der Waals surface area contributed by atoms with E-state index in [0.29, 0.717) is 6.04 Å². The van der Waals surface area contributed by atoms with E-state index in [9.17, 15) is 0 Å². The van der Waals surface area contributed by atoms with E-state index in [1.54, 1.807) is 0 Å². The Bertz CT molecular complexity index is 331. The minimum atomic E-state index is 0.411. The third kappa shape index (κ3) is 3.53. The Hall–Kier alpha value is -0.900. The van der Waals surface area contributed by atoms with Gasteiger partial charge in [-0.25, -0.2) is 0 Å². The molecule has 1 aromatic rings. The van der Waals surface area contributed by atoms with Crippen LogP contribution in [0.25, 0.3) is 0 Å². The summed E-state index contributed by atoms with van der Waals surface area (Å²) in [5, 5.41) is 3.40. The van der Waals surface area contributed by atoms with E-state index >= 15 is 0 Å². The summed E-state index contributed by atoms with van der Waals surface area (Å²) in [6.07, 6.45) is 0. The molecule has 94 valence electrons. The van der Waals surface area contributed by atoms with Crippen LogP contribution in [0.1, 0.15) is 17.2 Å². The van der Waals surface area contributed by atoms with E-state index in [4.69, 9.17) is 4.74 Å². The van der Waals surface area contributed by atoms with E-state index < -0.39 is 0 Å². The highest BCUT2D eigenvalue weighted by atomic mass is 16.5. The van der Waals surface area contributed by atoms with Crippen LogP contribution in [0.15, 0.2) is 24.3 Å². The van der Waals surface area contributed by atoms with Crippen LogP contribution in [0.3, 0.4) is 0 Å². The molecule has 0 bridgehead atoms. The van der Waals surface area contributed by atoms with Gasteiger partial charge >= 0.3 is 0 Å². The van der Waals surface area contributed by atoms with Crippen molar-refractivity contribution in [1.29, 1.82) is 0 Å². The zero-order valence-corrected chi connectivity index (χ0v) is 10.8. The smallest absolute Gasteiger partial charge is 0.0594 e. The predicted molar refractivity (Wildman–Crippen MR) is 70.2 cm³/mol. The number of morpholine rings is 1. The second-order valence-electron chi connectivity index (χ2n) is 4.66. The van der Waals surface area contributed by atoms with Crippen molar-refractivity contribution in [3.05, 3.63) is 35.4 Å². The van der Waals surface area contributed by atoms with Crippen LogP contribution in [0.2, 0.25) is 0 Å². The Balaban J connectivity index is 1.97. The molecule has 1 N–H and O–H groups in total. The molecule has 1 unspecified atom stereocenters. The number of nitrogens with one attached hydrogen (secondary N) is 1. The summed E-state index contributed by atoms with van der Waals surface area (Å²) in [6.45, 7) is 7.01. The topological polar surface area (TPSA) is 24.5 Å². The molecule has 0 aromatic heterocycles. The summed E-state index contributed by atoms with van der Waals surface area (Å²) in [6, 6.07) is 9.21. The van der Waals surface area contributed by atoms with Crippen molar-refractivity contribution in [3.63, 3.8) is 0 Å². The van der Waals surface area contributed by atoms with E-state index in [2.05, 4.69) is 41.4 Å². The van der Waals surface area contributed by atoms with E-state index in [1.807, 2.05) is 7.05 Å². The van der Waals surface area contributed by atoms with Gasteiger partial charge in [-0.15, -0.1) is 0 Å². The van der Waals surface area contributed by atoms with E-state index in [1.165, 1.54) is 11.1 Å². The van der Waals surface area contributed by atoms with Gasteiger partial charge in [-0.3, -0.25) is 4.90 Å². The maximum absolute atomic E-state index is 5.37. The maximum atomic E-state index is 5.37. The van der Waals surface area contributed by atoms with Gasteiger partial charge in [-0.1, -0.05) is 29.8 Å². The number of aryl methyl sites for hydroxylation is 1. The number of hydrogen-bond acceptors (Lipinski definition) is 3. The number of benzene rings is 1. The Kier molecular flexibility index (Phi) is 4.54. The average molecular weight is 234 g/mol. The van der Waals surface area contributed by atoms with Crippen molar-refractivity contribution in [2.24, 2.45) is 0 Å². The summed E-state index contributed by atoms with van der Waals surface area (Å²) in [7, 11) is 2.03. The average Bonchev–Trinajstić information content (AvgIpc) is 2.38. The normalized spacial score (nSPS) is 19.2. The molecule has 2 rings (SSSR count). The number of nitrogens with zero attached hydrogens (tertiary/aromatic N) is 1. The van der Waals surface area contributed by atoms with E-state index in [0.717, 1.165) is 32.8 Å². The molecule has 1 aliphatic heterocycles. The molecular formula is C14H22N2O. The SMILES string of the molecule is CNC(CN1CCOCC1)c1ccc(C)cc1. The number of hydrogen-bond donors (Lipinski definition) is 1. The molecule has 17 heavy (non-hydrogen) atoms. The largest absolute Gasteiger partial charge is 0.379 e. The van der Waals surface area contributed by atoms with Crippen LogP contribution in [-0.2, 0) is 4.74 Å². The molecule has 0 saturated carbocycles. The first-order valence-corrected chi connectivity index (χ1v) is 6.33. The fourth-order valence-corrected chi connectivity index (χ4v) is 2.20. The number of likely N-dealkylation sites (N-methyl/N-ethyl adjacent to an activating group) is 1. The summed E-state index contributed by atoms with van der Waals surface area (Å²) in [5.41, 5.74) is 2.68. The second kappa shape index (κ2) is 6.15. The number of ether oxygens (including phenoxy) is 1. The fraction of sp³-hybridized carbons (Fsp3) is 0.571. The van der Waals surface area contributed by atoms with Crippen molar-refractivity contribution in [3.8, 4) is 0 Å². The molecule has 0 radical (unpaired) electrons. The Morgan fingerprint density at radius 2 is 1.88 bits per heavy atom. The van der Waals surface area contributed by atoms with Crippen LogP contribution in [-0.4, -0.2) is 44.8 Å². The third-order valence-corrected chi connectivity index (χ3v) is 3.37. The molecule has 1 saturated heterocycles. The maximum Gasteiger partial charge on any atom is 0.0594 e. The molecule has 1 aromatic carbocycles. The van der Waals surface area contributed by atoms with Crippen molar-refractivity contribution < 1.29 is 4.74 Å². The molecule has 1 heterocycles. The van der Waals surface area contributed by atoms with Crippen LogP contribution in [0.5, 0.6) is 0 Å². The Morgan fingerprint density at radius 1 is 1.24 bits per heavy atom. The molecule has 0 aliphatic carbocycles. The molecule has 0 amide bonds. The molecular weight excluding hydrogens is 212 g/mol. The lowest BCUT2D eigenvalue weighted by atomic mass is 10.0. The van der Waals surface area contributed by atoms with Gasteiger partial charge in [-0.05, 0) is 19.5 Å². The van der Waals surface area contributed by atoms with Crippen molar-refractivity contribution in [1.82, 2.24) is 10.2 Å². The first-order chi connectivity index (χ1) is 8.29. The Labute approximate surface area is 104 Å².